The van der Waals surface area contributed by atoms with Crippen LogP contribution in [0.1, 0.15) is 11.5 Å². The zero-order valence-corrected chi connectivity index (χ0v) is 15.9. The molecule has 9 heteroatoms. The van der Waals surface area contributed by atoms with Crippen LogP contribution in [0.2, 0.25) is 0 Å². The van der Waals surface area contributed by atoms with E-state index in [4.69, 9.17) is 13.9 Å². The average molecular weight is 403 g/mol. The number of rotatable bonds is 9. The summed E-state index contributed by atoms with van der Waals surface area (Å²) >= 11 is 1.13. The van der Waals surface area contributed by atoms with Crippen molar-refractivity contribution < 1.29 is 23.1 Å². The summed E-state index contributed by atoms with van der Waals surface area (Å²) in [6, 6.07) is 13.1. The Morgan fingerprint density at radius 3 is 2.79 bits per heavy atom. The van der Waals surface area contributed by atoms with Crippen molar-refractivity contribution in [2.24, 2.45) is 0 Å². The summed E-state index contributed by atoms with van der Waals surface area (Å²) in [6.07, 6.45) is 0. The number of nitrogens with zero attached hydrogens (tertiary/aromatic N) is 2. The van der Waals surface area contributed by atoms with E-state index in [1.807, 2.05) is 24.3 Å². The molecule has 0 bridgehead atoms. The van der Waals surface area contributed by atoms with Gasteiger partial charge in [-0.1, -0.05) is 23.9 Å². The zero-order valence-electron chi connectivity index (χ0n) is 15.1. The Labute approximate surface area is 165 Å². The Morgan fingerprint density at radius 2 is 2.00 bits per heavy atom. The second kappa shape index (κ2) is 9.75. The maximum Gasteiger partial charge on any atom is 0.277 e. The molecule has 0 fully saturated rings. The van der Waals surface area contributed by atoms with Crippen LogP contribution in [0.25, 0.3) is 0 Å². The van der Waals surface area contributed by atoms with Gasteiger partial charge in [0, 0.05) is 6.54 Å². The molecule has 7 nitrogen and oxygen atoms in total. The Balaban J connectivity index is 1.40. The second-order valence-corrected chi connectivity index (χ2v) is 6.55. The Kier molecular flexibility index (Phi) is 6.85. The molecule has 146 valence electrons. The largest absolute Gasteiger partial charge is 0.497 e. The molecule has 1 amide bonds. The van der Waals surface area contributed by atoms with E-state index in [-0.39, 0.29) is 35.2 Å². The van der Waals surface area contributed by atoms with Crippen LogP contribution in [-0.4, -0.2) is 29.0 Å². The molecule has 0 aliphatic rings. The SMILES string of the molecule is COc1cccc(CNC(=O)CSc2nnc(COc3ccc(F)cc3)o2)c1. The van der Waals surface area contributed by atoms with Gasteiger partial charge in [-0.3, -0.25) is 4.79 Å². The van der Waals surface area contributed by atoms with Crippen molar-refractivity contribution in [1.82, 2.24) is 15.5 Å². The van der Waals surface area contributed by atoms with Gasteiger partial charge in [0.15, 0.2) is 6.61 Å². The van der Waals surface area contributed by atoms with Crippen molar-refractivity contribution in [2.75, 3.05) is 12.9 Å². The number of carbonyl (C=O) groups is 1. The fourth-order valence-electron chi connectivity index (χ4n) is 2.19. The second-order valence-electron chi connectivity index (χ2n) is 5.62. The van der Waals surface area contributed by atoms with Crippen molar-refractivity contribution in [2.45, 2.75) is 18.4 Å². The number of carbonyl (C=O) groups excluding carboxylic acids is 1. The summed E-state index contributed by atoms with van der Waals surface area (Å²) in [5, 5.41) is 10.8. The van der Waals surface area contributed by atoms with Crippen LogP contribution in [0.15, 0.2) is 58.2 Å². The Bertz CT molecular complexity index is 918. The van der Waals surface area contributed by atoms with E-state index in [1.54, 1.807) is 7.11 Å². The lowest BCUT2D eigenvalue weighted by molar-refractivity contribution is -0.118. The van der Waals surface area contributed by atoms with Crippen molar-refractivity contribution in [3.05, 3.63) is 65.8 Å². The highest BCUT2D eigenvalue weighted by Gasteiger charge is 2.10. The fourth-order valence-corrected chi connectivity index (χ4v) is 2.80. The zero-order chi connectivity index (χ0) is 19.8. The summed E-state index contributed by atoms with van der Waals surface area (Å²) in [7, 11) is 1.59. The first-order valence-corrected chi connectivity index (χ1v) is 9.34. The molecule has 0 atom stereocenters. The first-order chi connectivity index (χ1) is 13.6. The van der Waals surface area contributed by atoms with Gasteiger partial charge in [-0.05, 0) is 42.0 Å². The molecule has 1 N–H and O–H groups in total. The van der Waals surface area contributed by atoms with Crippen molar-refractivity contribution in [3.63, 3.8) is 0 Å². The molecule has 1 heterocycles. The third kappa shape index (κ3) is 5.98. The van der Waals surface area contributed by atoms with Gasteiger partial charge in [-0.15, -0.1) is 10.2 Å². The molecular formula is C19H18FN3O4S. The number of hydrogen-bond donors (Lipinski definition) is 1. The number of amides is 1. The standard InChI is InChI=1S/C19H18FN3O4S/c1-25-16-4-2-3-13(9-16)10-21-17(24)12-28-19-23-22-18(27-19)11-26-15-7-5-14(20)6-8-15/h2-9H,10-12H2,1H3,(H,21,24). The number of halogens is 1. The summed E-state index contributed by atoms with van der Waals surface area (Å²) in [5.41, 5.74) is 0.940. The van der Waals surface area contributed by atoms with Crippen LogP contribution in [0.5, 0.6) is 11.5 Å². The summed E-state index contributed by atoms with van der Waals surface area (Å²) in [5.74, 6) is 1.14. The van der Waals surface area contributed by atoms with Gasteiger partial charge in [0.2, 0.25) is 5.91 Å². The molecule has 2 aromatic carbocycles. The van der Waals surface area contributed by atoms with Crippen LogP contribution in [0.3, 0.4) is 0 Å². The van der Waals surface area contributed by atoms with Crippen LogP contribution in [-0.2, 0) is 17.9 Å². The summed E-state index contributed by atoms with van der Waals surface area (Å²) < 4.78 is 28.9. The molecule has 0 spiro atoms. The highest BCUT2D eigenvalue weighted by atomic mass is 32.2. The summed E-state index contributed by atoms with van der Waals surface area (Å²) in [4.78, 5) is 12.0. The first-order valence-electron chi connectivity index (χ1n) is 8.35. The molecule has 0 radical (unpaired) electrons. The Morgan fingerprint density at radius 1 is 1.18 bits per heavy atom. The van der Waals surface area contributed by atoms with E-state index in [0.29, 0.717) is 12.3 Å². The maximum atomic E-state index is 12.9. The van der Waals surface area contributed by atoms with Crippen molar-refractivity contribution >= 4 is 17.7 Å². The molecular weight excluding hydrogens is 385 g/mol. The summed E-state index contributed by atoms with van der Waals surface area (Å²) in [6.45, 7) is 0.457. The number of ether oxygens (including phenoxy) is 2. The van der Waals surface area contributed by atoms with Gasteiger partial charge in [-0.2, -0.15) is 0 Å². The molecule has 0 saturated heterocycles. The Hall–Kier alpha value is -3.07. The van der Waals surface area contributed by atoms with Crippen LogP contribution in [0.4, 0.5) is 4.39 Å². The van der Waals surface area contributed by atoms with Gasteiger partial charge < -0.3 is 19.2 Å². The molecule has 1 aromatic heterocycles. The van der Waals surface area contributed by atoms with Gasteiger partial charge in [-0.25, -0.2) is 4.39 Å². The first kappa shape index (κ1) is 19.7. The van der Waals surface area contributed by atoms with E-state index in [9.17, 15) is 9.18 Å². The van der Waals surface area contributed by atoms with Gasteiger partial charge in [0.1, 0.15) is 17.3 Å². The number of thioether (sulfide) groups is 1. The molecule has 3 rings (SSSR count). The van der Waals surface area contributed by atoms with Gasteiger partial charge in [0.25, 0.3) is 11.1 Å². The lowest BCUT2D eigenvalue weighted by atomic mass is 10.2. The van der Waals surface area contributed by atoms with Crippen LogP contribution >= 0.6 is 11.8 Å². The smallest absolute Gasteiger partial charge is 0.277 e. The van der Waals surface area contributed by atoms with E-state index in [2.05, 4.69) is 15.5 Å². The quantitative estimate of drug-likeness (QED) is 0.549. The predicted octanol–water partition coefficient (Wildman–Crippen LogP) is 3.20. The predicted molar refractivity (Wildman–Crippen MR) is 101 cm³/mol. The molecule has 3 aromatic rings. The van der Waals surface area contributed by atoms with Crippen LogP contribution in [0, 0.1) is 5.82 Å². The van der Waals surface area contributed by atoms with Crippen LogP contribution < -0.4 is 14.8 Å². The maximum absolute atomic E-state index is 12.9. The minimum atomic E-state index is -0.339. The molecule has 0 aliphatic heterocycles. The third-order valence-corrected chi connectivity index (χ3v) is 4.39. The normalized spacial score (nSPS) is 10.5. The number of nitrogens with one attached hydrogen (secondary N) is 1. The topological polar surface area (TPSA) is 86.5 Å². The van der Waals surface area contributed by atoms with E-state index < -0.39 is 0 Å². The lowest BCUT2D eigenvalue weighted by Gasteiger charge is -2.06. The molecule has 0 unspecified atom stereocenters. The average Bonchev–Trinajstić information content (AvgIpc) is 3.18. The lowest BCUT2D eigenvalue weighted by Crippen LogP contribution is -2.24. The number of methoxy groups -OCH3 is 1. The number of hydrogen-bond acceptors (Lipinski definition) is 7. The molecule has 28 heavy (non-hydrogen) atoms. The monoisotopic (exact) mass is 403 g/mol. The van der Waals surface area contributed by atoms with E-state index in [1.165, 1.54) is 24.3 Å². The van der Waals surface area contributed by atoms with E-state index in [0.717, 1.165) is 23.1 Å². The number of aromatic nitrogens is 2. The number of benzene rings is 2. The van der Waals surface area contributed by atoms with Crippen molar-refractivity contribution in [3.8, 4) is 11.5 Å². The van der Waals surface area contributed by atoms with Gasteiger partial charge in [0.05, 0.1) is 12.9 Å². The highest BCUT2D eigenvalue weighted by molar-refractivity contribution is 7.99. The minimum absolute atomic E-state index is 0.0568. The third-order valence-electron chi connectivity index (χ3n) is 3.57. The molecule has 0 aliphatic carbocycles. The van der Waals surface area contributed by atoms with E-state index >= 15 is 0 Å². The van der Waals surface area contributed by atoms with Crippen molar-refractivity contribution in [1.29, 1.82) is 0 Å². The molecule has 0 saturated carbocycles. The minimum Gasteiger partial charge on any atom is -0.497 e. The fraction of sp³-hybridized carbons (Fsp3) is 0.211. The van der Waals surface area contributed by atoms with Gasteiger partial charge >= 0.3 is 0 Å². The highest BCUT2D eigenvalue weighted by Crippen LogP contribution is 2.18.